The molecule has 2 aromatic carbocycles. The standard InChI is InChI=1S/C16H16N2O4/c1-21-16(20)18-17-15(19)11-22-14-9-7-13(8-10-14)12-5-3-2-4-6-12/h2-10H,11H2,1H3,(H,17,19)(H,18,20). The Morgan fingerprint density at radius 2 is 1.55 bits per heavy atom. The van der Waals surface area contributed by atoms with E-state index in [2.05, 4.69) is 15.6 Å². The molecule has 2 amide bonds. The fraction of sp³-hybridized carbons (Fsp3) is 0.125. The maximum atomic E-state index is 11.4. The molecule has 0 heterocycles. The highest BCUT2D eigenvalue weighted by molar-refractivity contribution is 5.80. The van der Waals surface area contributed by atoms with Gasteiger partial charge >= 0.3 is 6.09 Å². The number of benzene rings is 2. The van der Waals surface area contributed by atoms with Crippen LogP contribution in [0.4, 0.5) is 4.79 Å². The summed E-state index contributed by atoms with van der Waals surface area (Å²) in [6, 6.07) is 17.3. The van der Waals surface area contributed by atoms with Crippen molar-refractivity contribution >= 4 is 12.0 Å². The number of nitrogens with one attached hydrogen (secondary N) is 2. The number of rotatable bonds is 4. The van der Waals surface area contributed by atoms with Gasteiger partial charge in [-0.3, -0.25) is 10.2 Å². The molecule has 0 aromatic heterocycles. The van der Waals surface area contributed by atoms with Crippen LogP contribution in [0.5, 0.6) is 5.75 Å². The van der Waals surface area contributed by atoms with Crippen molar-refractivity contribution in [2.45, 2.75) is 0 Å². The monoisotopic (exact) mass is 300 g/mol. The first-order valence-corrected chi connectivity index (χ1v) is 6.60. The third kappa shape index (κ3) is 4.52. The van der Waals surface area contributed by atoms with Gasteiger partial charge in [-0.05, 0) is 23.3 Å². The maximum absolute atomic E-state index is 11.4. The van der Waals surface area contributed by atoms with Crippen LogP contribution < -0.4 is 15.6 Å². The van der Waals surface area contributed by atoms with Crippen molar-refractivity contribution in [3.8, 4) is 16.9 Å². The number of hydrogen-bond acceptors (Lipinski definition) is 4. The van der Waals surface area contributed by atoms with Crippen molar-refractivity contribution < 1.29 is 19.1 Å². The molecule has 6 nitrogen and oxygen atoms in total. The van der Waals surface area contributed by atoms with Gasteiger partial charge in [0.15, 0.2) is 6.61 Å². The molecule has 0 spiro atoms. The summed E-state index contributed by atoms with van der Waals surface area (Å²) in [5, 5.41) is 0. The molecule has 114 valence electrons. The van der Waals surface area contributed by atoms with E-state index in [4.69, 9.17) is 4.74 Å². The Labute approximate surface area is 128 Å². The number of hydrogen-bond donors (Lipinski definition) is 2. The Kier molecular flexibility index (Phi) is 5.37. The average Bonchev–Trinajstić information content (AvgIpc) is 2.59. The van der Waals surface area contributed by atoms with Gasteiger partial charge in [-0.1, -0.05) is 42.5 Å². The summed E-state index contributed by atoms with van der Waals surface area (Å²) >= 11 is 0. The SMILES string of the molecule is COC(=O)NNC(=O)COc1ccc(-c2ccccc2)cc1. The van der Waals surface area contributed by atoms with Crippen molar-refractivity contribution in [2.24, 2.45) is 0 Å². The Morgan fingerprint density at radius 3 is 2.18 bits per heavy atom. The molecule has 0 bridgehead atoms. The molecule has 0 fully saturated rings. The van der Waals surface area contributed by atoms with Crippen molar-refractivity contribution in [1.29, 1.82) is 0 Å². The number of carbonyl (C=O) groups is 2. The Morgan fingerprint density at radius 1 is 0.909 bits per heavy atom. The van der Waals surface area contributed by atoms with Gasteiger partial charge in [0.25, 0.3) is 5.91 Å². The number of amides is 2. The minimum atomic E-state index is -0.749. The van der Waals surface area contributed by atoms with Crippen LogP contribution in [0.25, 0.3) is 11.1 Å². The van der Waals surface area contributed by atoms with Gasteiger partial charge in [-0.25, -0.2) is 10.2 Å². The van der Waals surface area contributed by atoms with Gasteiger partial charge in [0.2, 0.25) is 0 Å². The zero-order chi connectivity index (χ0) is 15.8. The minimum absolute atomic E-state index is 0.214. The van der Waals surface area contributed by atoms with Gasteiger partial charge in [0.05, 0.1) is 7.11 Å². The summed E-state index contributed by atoms with van der Waals surface area (Å²) in [7, 11) is 1.20. The van der Waals surface area contributed by atoms with Crippen LogP contribution in [0.3, 0.4) is 0 Å². The van der Waals surface area contributed by atoms with E-state index in [1.807, 2.05) is 42.5 Å². The van der Waals surface area contributed by atoms with E-state index >= 15 is 0 Å². The Balaban J connectivity index is 1.84. The van der Waals surface area contributed by atoms with E-state index < -0.39 is 12.0 Å². The number of methoxy groups -OCH3 is 1. The number of carbonyl (C=O) groups excluding carboxylic acids is 2. The van der Waals surface area contributed by atoms with Crippen LogP contribution in [0.15, 0.2) is 54.6 Å². The predicted molar refractivity (Wildman–Crippen MR) is 81.1 cm³/mol. The molecular formula is C16H16N2O4. The third-order valence-electron chi connectivity index (χ3n) is 2.82. The van der Waals surface area contributed by atoms with Gasteiger partial charge in [0, 0.05) is 0 Å². The molecule has 6 heteroatoms. The van der Waals surface area contributed by atoms with E-state index in [0.29, 0.717) is 5.75 Å². The van der Waals surface area contributed by atoms with Crippen LogP contribution in [0.1, 0.15) is 0 Å². The fourth-order valence-electron chi connectivity index (χ4n) is 1.73. The maximum Gasteiger partial charge on any atom is 0.425 e. The lowest BCUT2D eigenvalue weighted by Gasteiger charge is -2.08. The van der Waals surface area contributed by atoms with Crippen LogP contribution in [-0.4, -0.2) is 25.7 Å². The average molecular weight is 300 g/mol. The molecule has 0 saturated carbocycles. The quantitative estimate of drug-likeness (QED) is 0.848. The molecule has 0 radical (unpaired) electrons. The molecule has 0 aliphatic carbocycles. The molecule has 0 aliphatic rings. The summed E-state index contributed by atoms with van der Waals surface area (Å²) in [4.78, 5) is 22.2. The van der Waals surface area contributed by atoms with Gasteiger partial charge in [0.1, 0.15) is 5.75 Å². The molecular weight excluding hydrogens is 284 g/mol. The first-order chi connectivity index (χ1) is 10.7. The minimum Gasteiger partial charge on any atom is -0.484 e. The van der Waals surface area contributed by atoms with E-state index in [1.54, 1.807) is 12.1 Å². The van der Waals surface area contributed by atoms with Crippen LogP contribution in [0, 0.1) is 0 Å². The highest BCUT2D eigenvalue weighted by atomic mass is 16.5. The Bertz CT molecular complexity index is 626. The second kappa shape index (κ2) is 7.68. The van der Waals surface area contributed by atoms with E-state index in [0.717, 1.165) is 11.1 Å². The van der Waals surface area contributed by atoms with Gasteiger partial charge < -0.3 is 9.47 Å². The molecule has 2 N–H and O–H groups in total. The fourth-order valence-corrected chi connectivity index (χ4v) is 1.73. The van der Waals surface area contributed by atoms with Crippen LogP contribution >= 0.6 is 0 Å². The molecule has 0 aliphatic heterocycles. The van der Waals surface area contributed by atoms with Crippen LogP contribution in [-0.2, 0) is 9.53 Å². The Hall–Kier alpha value is -3.02. The molecule has 0 unspecified atom stereocenters. The van der Waals surface area contributed by atoms with Gasteiger partial charge in [-0.2, -0.15) is 0 Å². The summed E-state index contributed by atoms with van der Waals surface area (Å²) < 4.78 is 9.63. The smallest absolute Gasteiger partial charge is 0.425 e. The lowest BCUT2D eigenvalue weighted by Crippen LogP contribution is -2.43. The van der Waals surface area contributed by atoms with Crippen molar-refractivity contribution in [3.63, 3.8) is 0 Å². The van der Waals surface area contributed by atoms with Crippen molar-refractivity contribution in [1.82, 2.24) is 10.9 Å². The summed E-state index contributed by atoms with van der Waals surface area (Å²) in [5.74, 6) is 0.0745. The highest BCUT2D eigenvalue weighted by Gasteiger charge is 2.05. The predicted octanol–water partition coefficient (Wildman–Crippen LogP) is 2.12. The molecule has 2 rings (SSSR count). The highest BCUT2D eigenvalue weighted by Crippen LogP contribution is 2.21. The molecule has 22 heavy (non-hydrogen) atoms. The molecule has 0 saturated heterocycles. The van der Waals surface area contributed by atoms with Gasteiger partial charge in [-0.15, -0.1) is 0 Å². The zero-order valence-corrected chi connectivity index (χ0v) is 12.0. The normalized spacial score (nSPS) is 9.68. The lowest BCUT2D eigenvalue weighted by atomic mass is 10.1. The summed E-state index contributed by atoms with van der Waals surface area (Å²) in [6.45, 7) is -0.214. The number of hydrazine groups is 1. The first kappa shape index (κ1) is 15.4. The van der Waals surface area contributed by atoms with Crippen LogP contribution in [0.2, 0.25) is 0 Å². The number of ether oxygens (including phenoxy) is 2. The van der Waals surface area contributed by atoms with E-state index in [-0.39, 0.29) is 6.61 Å². The second-order valence-electron chi connectivity index (χ2n) is 4.34. The molecule has 2 aromatic rings. The molecule has 0 atom stereocenters. The summed E-state index contributed by atoms with van der Waals surface area (Å²) in [6.07, 6.45) is -0.749. The topological polar surface area (TPSA) is 76.7 Å². The van der Waals surface area contributed by atoms with Crippen molar-refractivity contribution in [2.75, 3.05) is 13.7 Å². The van der Waals surface area contributed by atoms with E-state index in [9.17, 15) is 9.59 Å². The van der Waals surface area contributed by atoms with E-state index in [1.165, 1.54) is 7.11 Å². The lowest BCUT2D eigenvalue weighted by molar-refractivity contribution is -0.123. The third-order valence-corrected chi connectivity index (χ3v) is 2.82. The summed E-state index contributed by atoms with van der Waals surface area (Å²) in [5.41, 5.74) is 6.38. The van der Waals surface area contributed by atoms with Crippen molar-refractivity contribution in [3.05, 3.63) is 54.6 Å². The largest absolute Gasteiger partial charge is 0.484 e. The second-order valence-corrected chi connectivity index (χ2v) is 4.34. The first-order valence-electron chi connectivity index (χ1n) is 6.60. The zero-order valence-electron chi connectivity index (χ0n) is 12.0.